The third-order valence-corrected chi connectivity index (χ3v) is 3.94. The molecule has 0 radical (unpaired) electrons. The standard InChI is InChI=1S/C19H21NO.ClH/c1-3-7-16(8-4-1)11-13-18-15-19(21-20-18)14-12-17-9-5-2-6-10-17;/h1-10,19H,11-15H2;1H. The van der Waals surface area contributed by atoms with E-state index in [0.717, 1.165) is 32.1 Å². The van der Waals surface area contributed by atoms with Gasteiger partial charge in [0.2, 0.25) is 0 Å². The fraction of sp³-hybridized carbons (Fsp3) is 0.316. The van der Waals surface area contributed by atoms with Gasteiger partial charge >= 0.3 is 0 Å². The van der Waals surface area contributed by atoms with Gasteiger partial charge in [0.05, 0.1) is 5.71 Å². The van der Waals surface area contributed by atoms with Crippen LogP contribution >= 0.6 is 12.4 Å². The molecule has 0 fully saturated rings. The summed E-state index contributed by atoms with van der Waals surface area (Å²) in [4.78, 5) is 5.56. The lowest BCUT2D eigenvalue weighted by Gasteiger charge is -2.07. The molecule has 2 aromatic rings. The summed E-state index contributed by atoms with van der Waals surface area (Å²) in [6, 6.07) is 21.2. The summed E-state index contributed by atoms with van der Waals surface area (Å²) in [6.07, 6.45) is 5.41. The van der Waals surface area contributed by atoms with Crippen molar-refractivity contribution in [3.63, 3.8) is 0 Å². The van der Waals surface area contributed by atoms with Crippen LogP contribution in [-0.4, -0.2) is 11.8 Å². The van der Waals surface area contributed by atoms with E-state index in [-0.39, 0.29) is 18.5 Å². The van der Waals surface area contributed by atoms with Gasteiger partial charge in [-0.3, -0.25) is 0 Å². The molecule has 0 amide bonds. The number of hydrogen-bond donors (Lipinski definition) is 0. The average Bonchev–Trinajstić information content (AvgIpc) is 3.01. The molecule has 1 aliphatic rings. The van der Waals surface area contributed by atoms with E-state index in [1.807, 2.05) is 0 Å². The first kappa shape index (κ1) is 16.6. The Morgan fingerprint density at radius 3 is 2.05 bits per heavy atom. The van der Waals surface area contributed by atoms with Gasteiger partial charge in [0.25, 0.3) is 0 Å². The van der Waals surface area contributed by atoms with Crippen LogP contribution in [0, 0.1) is 0 Å². The van der Waals surface area contributed by atoms with Crippen molar-refractivity contribution in [2.45, 2.75) is 38.2 Å². The molecule has 0 saturated heterocycles. The Bertz CT molecular complexity index is 583. The second kappa shape index (κ2) is 8.60. The number of aryl methyl sites for hydroxylation is 2. The number of oxime groups is 1. The molecule has 0 bridgehead atoms. The van der Waals surface area contributed by atoms with Gasteiger partial charge in [-0.1, -0.05) is 65.8 Å². The Morgan fingerprint density at radius 2 is 1.41 bits per heavy atom. The summed E-state index contributed by atoms with van der Waals surface area (Å²) in [7, 11) is 0. The van der Waals surface area contributed by atoms with Gasteiger partial charge in [0, 0.05) is 6.42 Å². The summed E-state index contributed by atoms with van der Waals surface area (Å²) >= 11 is 0. The molecule has 1 aliphatic heterocycles. The minimum atomic E-state index is 0. The van der Waals surface area contributed by atoms with Crippen molar-refractivity contribution in [2.75, 3.05) is 0 Å². The van der Waals surface area contributed by atoms with Gasteiger partial charge in [-0.05, 0) is 36.8 Å². The van der Waals surface area contributed by atoms with E-state index in [2.05, 4.69) is 65.8 Å². The van der Waals surface area contributed by atoms with Crippen LogP contribution in [0.1, 0.15) is 30.4 Å². The van der Waals surface area contributed by atoms with Crippen LogP contribution in [0.25, 0.3) is 0 Å². The van der Waals surface area contributed by atoms with Crippen molar-refractivity contribution in [1.29, 1.82) is 0 Å². The first-order valence-corrected chi connectivity index (χ1v) is 7.69. The number of halogens is 1. The number of hydrogen-bond acceptors (Lipinski definition) is 2. The molecular formula is C19H22ClNO. The largest absolute Gasteiger partial charge is 0.392 e. The quantitative estimate of drug-likeness (QED) is 0.749. The van der Waals surface area contributed by atoms with Gasteiger partial charge in [-0.15, -0.1) is 12.4 Å². The minimum absolute atomic E-state index is 0. The monoisotopic (exact) mass is 315 g/mol. The van der Waals surface area contributed by atoms with E-state index in [4.69, 9.17) is 4.84 Å². The van der Waals surface area contributed by atoms with Crippen molar-refractivity contribution >= 4 is 18.1 Å². The summed E-state index contributed by atoms with van der Waals surface area (Å²) in [5.41, 5.74) is 3.95. The SMILES string of the molecule is Cl.c1ccc(CCC2=NOC(CCc3ccccc3)C2)cc1. The van der Waals surface area contributed by atoms with Gasteiger partial charge in [0.15, 0.2) is 0 Å². The van der Waals surface area contributed by atoms with Crippen LogP contribution in [0.5, 0.6) is 0 Å². The molecule has 0 saturated carbocycles. The lowest BCUT2D eigenvalue weighted by molar-refractivity contribution is 0.0794. The van der Waals surface area contributed by atoms with Crippen molar-refractivity contribution < 1.29 is 4.84 Å². The van der Waals surface area contributed by atoms with Gasteiger partial charge in [-0.25, -0.2) is 0 Å². The first-order chi connectivity index (χ1) is 10.4. The molecule has 22 heavy (non-hydrogen) atoms. The highest BCUT2D eigenvalue weighted by atomic mass is 35.5. The number of rotatable bonds is 6. The van der Waals surface area contributed by atoms with Crippen molar-refractivity contribution in [2.24, 2.45) is 5.16 Å². The summed E-state index contributed by atoms with van der Waals surface area (Å²) in [5, 5.41) is 4.26. The van der Waals surface area contributed by atoms with Crippen LogP contribution in [0.3, 0.4) is 0 Å². The van der Waals surface area contributed by atoms with E-state index in [1.165, 1.54) is 16.8 Å². The zero-order chi connectivity index (χ0) is 14.3. The van der Waals surface area contributed by atoms with E-state index in [1.54, 1.807) is 0 Å². The molecule has 0 aliphatic carbocycles. The summed E-state index contributed by atoms with van der Waals surface area (Å²) in [5.74, 6) is 0. The van der Waals surface area contributed by atoms with E-state index >= 15 is 0 Å². The van der Waals surface area contributed by atoms with Gasteiger partial charge in [0.1, 0.15) is 6.10 Å². The van der Waals surface area contributed by atoms with Gasteiger partial charge in [-0.2, -0.15) is 0 Å². The predicted molar refractivity (Wildman–Crippen MR) is 93.7 cm³/mol. The second-order valence-electron chi connectivity index (χ2n) is 5.60. The van der Waals surface area contributed by atoms with E-state index in [0.29, 0.717) is 0 Å². The Kier molecular flexibility index (Phi) is 6.47. The van der Waals surface area contributed by atoms with E-state index < -0.39 is 0 Å². The fourth-order valence-corrected chi connectivity index (χ4v) is 2.69. The smallest absolute Gasteiger partial charge is 0.133 e. The highest BCUT2D eigenvalue weighted by Crippen LogP contribution is 2.19. The Hall–Kier alpha value is -1.80. The molecule has 2 nitrogen and oxygen atoms in total. The fourth-order valence-electron chi connectivity index (χ4n) is 2.69. The zero-order valence-corrected chi connectivity index (χ0v) is 13.5. The highest BCUT2D eigenvalue weighted by Gasteiger charge is 2.20. The Balaban J connectivity index is 0.00000176. The molecule has 0 spiro atoms. The average molecular weight is 316 g/mol. The summed E-state index contributed by atoms with van der Waals surface area (Å²) < 4.78 is 0. The molecule has 116 valence electrons. The van der Waals surface area contributed by atoms with Crippen molar-refractivity contribution in [1.82, 2.24) is 0 Å². The predicted octanol–water partition coefficient (Wildman–Crippen LogP) is 4.82. The minimum Gasteiger partial charge on any atom is -0.392 e. The third kappa shape index (κ3) is 4.88. The highest BCUT2D eigenvalue weighted by molar-refractivity contribution is 5.85. The number of nitrogens with zero attached hydrogens (tertiary/aromatic N) is 1. The number of benzene rings is 2. The summed E-state index contributed by atoms with van der Waals surface area (Å²) in [6.45, 7) is 0. The van der Waals surface area contributed by atoms with Crippen LogP contribution in [0.15, 0.2) is 65.8 Å². The van der Waals surface area contributed by atoms with Gasteiger partial charge < -0.3 is 4.84 Å². The first-order valence-electron chi connectivity index (χ1n) is 7.69. The molecule has 0 aromatic heterocycles. The third-order valence-electron chi connectivity index (χ3n) is 3.94. The normalized spacial score (nSPS) is 16.5. The molecule has 1 atom stereocenters. The lowest BCUT2D eigenvalue weighted by atomic mass is 10.0. The molecule has 0 N–H and O–H groups in total. The second-order valence-corrected chi connectivity index (χ2v) is 5.60. The van der Waals surface area contributed by atoms with Crippen molar-refractivity contribution in [3.8, 4) is 0 Å². The Morgan fingerprint density at radius 1 is 0.818 bits per heavy atom. The van der Waals surface area contributed by atoms with Crippen LogP contribution in [0.2, 0.25) is 0 Å². The lowest BCUT2D eigenvalue weighted by Crippen LogP contribution is -2.09. The molecule has 3 heteroatoms. The molecule has 1 heterocycles. The Labute approximate surface area is 138 Å². The van der Waals surface area contributed by atoms with Crippen LogP contribution in [0.4, 0.5) is 0 Å². The maximum Gasteiger partial charge on any atom is 0.133 e. The van der Waals surface area contributed by atoms with E-state index in [9.17, 15) is 0 Å². The zero-order valence-electron chi connectivity index (χ0n) is 12.7. The maximum absolute atomic E-state index is 5.56. The molecule has 3 rings (SSSR count). The molecular weight excluding hydrogens is 294 g/mol. The molecule has 1 unspecified atom stereocenters. The molecule has 2 aromatic carbocycles. The van der Waals surface area contributed by atoms with Crippen molar-refractivity contribution in [3.05, 3.63) is 71.8 Å². The van der Waals surface area contributed by atoms with Crippen LogP contribution in [-0.2, 0) is 17.7 Å². The van der Waals surface area contributed by atoms with Crippen LogP contribution < -0.4 is 0 Å². The topological polar surface area (TPSA) is 21.6 Å². The maximum atomic E-state index is 5.56.